The summed E-state index contributed by atoms with van der Waals surface area (Å²) >= 11 is 0. The van der Waals surface area contributed by atoms with Gasteiger partial charge in [0.2, 0.25) is 5.95 Å². The van der Waals surface area contributed by atoms with Crippen molar-refractivity contribution in [1.29, 1.82) is 0 Å². The van der Waals surface area contributed by atoms with E-state index in [0.29, 0.717) is 11.4 Å². The number of rotatable bonds is 6. The fourth-order valence-corrected chi connectivity index (χ4v) is 2.74. The first kappa shape index (κ1) is 13.2. The van der Waals surface area contributed by atoms with Crippen LogP contribution < -0.4 is 10.5 Å². The molecule has 20 heavy (non-hydrogen) atoms. The van der Waals surface area contributed by atoms with Crippen molar-refractivity contribution in [2.24, 2.45) is 5.41 Å². The molecular formula is C15H21N3O2. The molecule has 0 saturated heterocycles. The highest BCUT2D eigenvalue weighted by atomic mass is 16.5. The van der Waals surface area contributed by atoms with Gasteiger partial charge in [0.05, 0.1) is 18.1 Å². The van der Waals surface area contributed by atoms with Crippen LogP contribution in [0.1, 0.15) is 19.3 Å². The first-order valence-electron chi connectivity index (χ1n) is 6.96. The van der Waals surface area contributed by atoms with Gasteiger partial charge in [-0.15, -0.1) is 0 Å². The number of hydrogen-bond acceptors (Lipinski definition) is 4. The number of nitrogens with zero attached hydrogens (tertiary/aromatic N) is 2. The molecule has 5 heteroatoms. The van der Waals surface area contributed by atoms with E-state index < -0.39 is 0 Å². The normalized spacial score (nSPS) is 16.5. The summed E-state index contributed by atoms with van der Waals surface area (Å²) in [5, 5.41) is 0. The lowest BCUT2D eigenvalue weighted by Gasteiger charge is -2.17. The lowest BCUT2D eigenvalue weighted by molar-refractivity contribution is 0.167. The number of fused-ring (bicyclic) bond motifs is 1. The van der Waals surface area contributed by atoms with E-state index in [1.807, 2.05) is 18.2 Å². The summed E-state index contributed by atoms with van der Waals surface area (Å²) in [6.07, 6.45) is 3.57. The average molecular weight is 275 g/mol. The SMILES string of the molecule is COCCC1(Cn2c(N)nc3cc(OC)ccc32)CC1. The Morgan fingerprint density at radius 3 is 2.80 bits per heavy atom. The van der Waals surface area contributed by atoms with E-state index in [1.165, 1.54) is 12.8 Å². The summed E-state index contributed by atoms with van der Waals surface area (Å²) in [4.78, 5) is 4.44. The zero-order valence-corrected chi connectivity index (χ0v) is 12.1. The van der Waals surface area contributed by atoms with Crippen LogP contribution in [0, 0.1) is 5.41 Å². The second-order valence-corrected chi connectivity index (χ2v) is 5.65. The molecule has 108 valence electrons. The number of nitrogen functional groups attached to an aromatic ring is 1. The molecule has 1 aromatic heterocycles. The van der Waals surface area contributed by atoms with Crippen molar-refractivity contribution in [2.75, 3.05) is 26.6 Å². The molecule has 0 unspecified atom stereocenters. The average Bonchev–Trinajstić information content (AvgIpc) is 3.16. The second-order valence-electron chi connectivity index (χ2n) is 5.65. The lowest BCUT2D eigenvalue weighted by atomic mass is 10.0. The van der Waals surface area contributed by atoms with Crippen molar-refractivity contribution in [1.82, 2.24) is 9.55 Å². The van der Waals surface area contributed by atoms with Crippen LogP contribution in [0.3, 0.4) is 0 Å². The summed E-state index contributed by atoms with van der Waals surface area (Å²) in [7, 11) is 3.41. The van der Waals surface area contributed by atoms with E-state index in [2.05, 4.69) is 9.55 Å². The summed E-state index contributed by atoms with van der Waals surface area (Å²) in [5.41, 5.74) is 8.40. The topological polar surface area (TPSA) is 62.3 Å². The first-order chi connectivity index (χ1) is 9.67. The second kappa shape index (κ2) is 4.98. The van der Waals surface area contributed by atoms with Gasteiger partial charge in [0.1, 0.15) is 5.75 Å². The maximum absolute atomic E-state index is 6.09. The van der Waals surface area contributed by atoms with Crippen LogP contribution in [-0.2, 0) is 11.3 Å². The molecule has 3 rings (SSSR count). The van der Waals surface area contributed by atoms with Crippen molar-refractivity contribution in [3.05, 3.63) is 18.2 Å². The van der Waals surface area contributed by atoms with Crippen LogP contribution in [0.5, 0.6) is 5.75 Å². The molecule has 5 nitrogen and oxygen atoms in total. The van der Waals surface area contributed by atoms with Gasteiger partial charge < -0.3 is 19.8 Å². The summed E-state index contributed by atoms with van der Waals surface area (Å²) in [6, 6.07) is 5.91. The van der Waals surface area contributed by atoms with Gasteiger partial charge >= 0.3 is 0 Å². The molecule has 0 bridgehead atoms. The van der Waals surface area contributed by atoms with Gasteiger partial charge in [-0.05, 0) is 36.8 Å². The lowest BCUT2D eigenvalue weighted by Crippen LogP contribution is -2.15. The third-order valence-corrected chi connectivity index (χ3v) is 4.27. The van der Waals surface area contributed by atoms with Gasteiger partial charge in [-0.1, -0.05) is 0 Å². The Labute approximate surface area is 118 Å². The number of imidazole rings is 1. The first-order valence-corrected chi connectivity index (χ1v) is 6.96. The largest absolute Gasteiger partial charge is 0.497 e. The Hall–Kier alpha value is -1.75. The minimum atomic E-state index is 0.345. The molecule has 1 fully saturated rings. The molecule has 2 aromatic rings. The fourth-order valence-electron chi connectivity index (χ4n) is 2.74. The minimum Gasteiger partial charge on any atom is -0.497 e. The van der Waals surface area contributed by atoms with Crippen LogP contribution in [0.2, 0.25) is 0 Å². The summed E-state index contributed by atoms with van der Waals surface area (Å²) < 4.78 is 12.6. The maximum atomic E-state index is 6.09. The summed E-state index contributed by atoms with van der Waals surface area (Å²) in [5.74, 6) is 1.39. The molecule has 1 saturated carbocycles. The molecule has 0 aliphatic heterocycles. The van der Waals surface area contributed by atoms with Gasteiger partial charge in [0.15, 0.2) is 0 Å². The molecule has 2 N–H and O–H groups in total. The van der Waals surface area contributed by atoms with E-state index in [1.54, 1.807) is 14.2 Å². The number of anilines is 1. The Morgan fingerprint density at radius 2 is 2.15 bits per heavy atom. The standard InChI is InChI=1S/C15H21N3O2/c1-19-8-7-15(5-6-15)10-18-13-4-3-11(20-2)9-12(13)17-14(18)16/h3-4,9H,5-8,10H2,1-2H3,(H2,16,17). The Morgan fingerprint density at radius 1 is 1.35 bits per heavy atom. The minimum absolute atomic E-state index is 0.345. The number of benzene rings is 1. The molecular weight excluding hydrogens is 254 g/mol. The van der Waals surface area contributed by atoms with Crippen LogP contribution in [0.15, 0.2) is 18.2 Å². The highest BCUT2D eigenvalue weighted by Crippen LogP contribution is 2.50. The smallest absolute Gasteiger partial charge is 0.201 e. The highest BCUT2D eigenvalue weighted by molar-refractivity contribution is 5.79. The van der Waals surface area contributed by atoms with E-state index in [0.717, 1.165) is 36.4 Å². The highest BCUT2D eigenvalue weighted by Gasteiger charge is 2.42. The van der Waals surface area contributed by atoms with Crippen molar-refractivity contribution < 1.29 is 9.47 Å². The molecule has 1 aliphatic carbocycles. The predicted molar refractivity (Wildman–Crippen MR) is 78.9 cm³/mol. The predicted octanol–water partition coefficient (Wildman–Crippen LogP) is 2.44. The molecule has 1 aromatic carbocycles. The maximum Gasteiger partial charge on any atom is 0.201 e. The van der Waals surface area contributed by atoms with Crippen molar-refractivity contribution >= 4 is 17.0 Å². The molecule has 0 radical (unpaired) electrons. The van der Waals surface area contributed by atoms with E-state index in [4.69, 9.17) is 15.2 Å². The van der Waals surface area contributed by atoms with E-state index >= 15 is 0 Å². The van der Waals surface area contributed by atoms with E-state index in [9.17, 15) is 0 Å². The molecule has 0 amide bonds. The zero-order valence-electron chi connectivity index (χ0n) is 12.1. The van der Waals surface area contributed by atoms with Gasteiger partial charge in [0, 0.05) is 26.3 Å². The summed E-state index contributed by atoms with van der Waals surface area (Å²) in [6.45, 7) is 1.73. The third-order valence-electron chi connectivity index (χ3n) is 4.27. The fraction of sp³-hybridized carbons (Fsp3) is 0.533. The number of ether oxygens (including phenoxy) is 2. The van der Waals surface area contributed by atoms with Crippen LogP contribution in [-0.4, -0.2) is 30.4 Å². The molecule has 1 aliphatic rings. The monoisotopic (exact) mass is 275 g/mol. The van der Waals surface area contributed by atoms with Crippen molar-refractivity contribution in [2.45, 2.75) is 25.8 Å². The van der Waals surface area contributed by atoms with E-state index in [-0.39, 0.29) is 0 Å². The van der Waals surface area contributed by atoms with Gasteiger partial charge in [-0.25, -0.2) is 4.98 Å². The number of hydrogen-bond donors (Lipinski definition) is 1. The quantitative estimate of drug-likeness (QED) is 0.879. The van der Waals surface area contributed by atoms with Gasteiger partial charge in [-0.2, -0.15) is 0 Å². The van der Waals surface area contributed by atoms with Crippen molar-refractivity contribution in [3.8, 4) is 5.75 Å². The Kier molecular flexibility index (Phi) is 3.30. The number of nitrogens with two attached hydrogens (primary N) is 1. The third kappa shape index (κ3) is 2.33. The van der Waals surface area contributed by atoms with Crippen LogP contribution >= 0.6 is 0 Å². The van der Waals surface area contributed by atoms with Gasteiger partial charge in [0.25, 0.3) is 0 Å². The van der Waals surface area contributed by atoms with Crippen LogP contribution in [0.4, 0.5) is 5.95 Å². The van der Waals surface area contributed by atoms with Crippen LogP contribution in [0.25, 0.3) is 11.0 Å². The number of aromatic nitrogens is 2. The molecule has 0 atom stereocenters. The Balaban J connectivity index is 1.89. The van der Waals surface area contributed by atoms with Crippen molar-refractivity contribution in [3.63, 3.8) is 0 Å². The van der Waals surface area contributed by atoms with Gasteiger partial charge in [-0.3, -0.25) is 0 Å². The number of methoxy groups -OCH3 is 2. The zero-order chi connectivity index (χ0) is 14.2. The molecule has 1 heterocycles. The molecule has 0 spiro atoms. The Bertz CT molecular complexity index is 617.